The van der Waals surface area contributed by atoms with E-state index in [0.717, 1.165) is 12.8 Å². The summed E-state index contributed by atoms with van der Waals surface area (Å²) in [4.78, 5) is 30.7. The second-order valence-corrected chi connectivity index (χ2v) is 5.64. The first-order chi connectivity index (χ1) is 10.7. The number of likely N-dealkylation sites (tertiary alicyclic amines) is 1. The van der Waals surface area contributed by atoms with Crippen LogP contribution in [0.3, 0.4) is 0 Å². The third-order valence-corrected chi connectivity index (χ3v) is 4.30. The molecule has 2 aliphatic rings. The quantitative estimate of drug-likeness (QED) is 0.845. The van der Waals surface area contributed by atoms with E-state index in [4.69, 9.17) is 9.47 Å². The Hall–Kier alpha value is -1.95. The predicted molar refractivity (Wildman–Crippen MR) is 78.9 cm³/mol. The summed E-state index contributed by atoms with van der Waals surface area (Å²) in [7, 11) is 0. The molecule has 2 fully saturated rings. The molecule has 22 heavy (non-hydrogen) atoms. The van der Waals surface area contributed by atoms with Crippen LogP contribution in [0.5, 0.6) is 5.88 Å². The third-order valence-electron chi connectivity index (χ3n) is 4.30. The van der Waals surface area contributed by atoms with E-state index in [1.165, 1.54) is 0 Å². The summed E-state index contributed by atoms with van der Waals surface area (Å²) in [6, 6.07) is 3.38. The number of rotatable bonds is 3. The van der Waals surface area contributed by atoms with Crippen LogP contribution in [0, 0.1) is 0 Å². The molecule has 1 amide bonds. The second-order valence-electron chi connectivity index (χ2n) is 5.64. The number of piperidine rings is 1. The first-order valence-corrected chi connectivity index (χ1v) is 7.70. The van der Waals surface area contributed by atoms with Crippen molar-refractivity contribution in [2.24, 2.45) is 0 Å². The predicted octanol–water partition coefficient (Wildman–Crippen LogP) is 1.44. The van der Waals surface area contributed by atoms with Gasteiger partial charge in [-0.3, -0.25) is 9.59 Å². The number of hydrogen-bond donors (Lipinski definition) is 0. The lowest BCUT2D eigenvalue weighted by atomic mass is 9.87. The van der Waals surface area contributed by atoms with E-state index in [0.29, 0.717) is 37.6 Å². The number of nitrogens with zero attached hydrogens (tertiary/aromatic N) is 2. The van der Waals surface area contributed by atoms with Crippen molar-refractivity contribution in [1.82, 2.24) is 9.88 Å². The van der Waals surface area contributed by atoms with E-state index in [1.807, 2.05) is 6.92 Å². The average molecular weight is 304 g/mol. The summed E-state index contributed by atoms with van der Waals surface area (Å²) in [6.45, 7) is 3.53. The fourth-order valence-corrected chi connectivity index (χ4v) is 3.11. The Morgan fingerprint density at radius 1 is 1.50 bits per heavy atom. The van der Waals surface area contributed by atoms with Crippen molar-refractivity contribution >= 4 is 11.7 Å². The Morgan fingerprint density at radius 2 is 2.36 bits per heavy atom. The lowest BCUT2D eigenvalue weighted by Crippen LogP contribution is -2.53. The summed E-state index contributed by atoms with van der Waals surface area (Å²) < 4.78 is 11.1. The fourth-order valence-electron chi connectivity index (χ4n) is 3.11. The maximum absolute atomic E-state index is 12.7. The van der Waals surface area contributed by atoms with E-state index in [1.54, 1.807) is 23.2 Å². The highest BCUT2D eigenvalue weighted by atomic mass is 16.5. The van der Waals surface area contributed by atoms with Crippen molar-refractivity contribution in [2.45, 2.75) is 31.8 Å². The van der Waals surface area contributed by atoms with Gasteiger partial charge in [-0.2, -0.15) is 0 Å². The molecule has 6 heteroatoms. The van der Waals surface area contributed by atoms with Gasteiger partial charge in [-0.05, 0) is 31.9 Å². The lowest BCUT2D eigenvalue weighted by molar-refractivity contribution is -0.144. The van der Waals surface area contributed by atoms with Crippen LogP contribution in [-0.2, 0) is 9.53 Å². The monoisotopic (exact) mass is 304 g/mol. The van der Waals surface area contributed by atoms with Crippen LogP contribution in [0.4, 0.5) is 0 Å². The molecular formula is C16H20N2O4. The summed E-state index contributed by atoms with van der Waals surface area (Å²) in [5.41, 5.74) is -0.241. The molecule has 2 aliphatic heterocycles. The molecule has 3 heterocycles. The fraction of sp³-hybridized carbons (Fsp3) is 0.562. The molecule has 3 rings (SSSR count). The number of pyridine rings is 1. The number of hydrogen-bond acceptors (Lipinski definition) is 5. The van der Waals surface area contributed by atoms with Gasteiger partial charge in [-0.25, -0.2) is 4.98 Å². The SMILES string of the molecule is CCOc1ncccc1C(=O)N1CCC2(CCCO2)C(=O)C1. The van der Waals surface area contributed by atoms with Crippen molar-refractivity contribution in [3.8, 4) is 5.88 Å². The molecular weight excluding hydrogens is 284 g/mol. The van der Waals surface area contributed by atoms with E-state index < -0.39 is 5.60 Å². The van der Waals surface area contributed by atoms with Gasteiger partial charge in [0.05, 0.1) is 13.2 Å². The highest BCUT2D eigenvalue weighted by Gasteiger charge is 2.46. The van der Waals surface area contributed by atoms with Crippen LogP contribution in [-0.4, -0.2) is 53.5 Å². The number of amides is 1. The minimum atomic E-state index is -0.644. The Bertz CT molecular complexity index is 581. The van der Waals surface area contributed by atoms with Crippen molar-refractivity contribution in [3.63, 3.8) is 0 Å². The van der Waals surface area contributed by atoms with E-state index >= 15 is 0 Å². The summed E-state index contributed by atoms with van der Waals surface area (Å²) in [5.74, 6) is 0.115. The zero-order chi connectivity index (χ0) is 15.6. The Kier molecular flexibility index (Phi) is 4.11. The largest absolute Gasteiger partial charge is 0.477 e. The zero-order valence-electron chi connectivity index (χ0n) is 12.7. The molecule has 0 bridgehead atoms. The normalized spacial score (nSPS) is 24.8. The number of ketones is 1. The zero-order valence-corrected chi connectivity index (χ0v) is 12.7. The number of aromatic nitrogens is 1. The molecule has 118 valence electrons. The minimum Gasteiger partial charge on any atom is -0.477 e. The number of carbonyl (C=O) groups is 2. The summed E-state index contributed by atoms with van der Waals surface area (Å²) in [5, 5.41) is 0. The highest BCUT2D eigenvalue weighted by Crippen LogP contribution is 2.34. The van der Waals surface area contributed by atoms with Crippen LogP contribution in [0.1, 0.15) is 36.5 Å². The van der Waals surface area contributed by atoms with Crippen LogP contribution in [0.2, 0.25) is 0 Å². The molecule has 1 unspecified atom stereocenters. The van der Waals surface area contributed by atoms with E-state index in [9.17, 15) is 9.59 Å². The van der Waals surface area contributed by atoms with Crippen molar-refractivity contribution in [1.29, 1.82) is 0 Å². The van der Waals surface area contributed by atoms with Crippen molar-refractivity contribution in [3.05, 3.63) is 23.9 Å². The minimum absolute atomic E-state index is 0.00597. The maximum atomic E-state index is 12.7. The number of Topliss-reactive ketones (excluding diaryl/α,β-unsaturated/α-hetero) is 1. The Labute approximate surface area is 129 Å². The van der Waals surface area contributed by atoms with Gasteiger partial charge in [-0.15, -0.1) is 0 Å². The number of ether oxygens (including phenoxy) is 2. The standard InChI is InChI=1S/C16H20N2O4/c1-2-21-14-12(5-3-8-17-14)15(20)18-9-7-16(13(19)11-18)6-4-10-22-16/h3,5,8H,2,4,6-7,9-11H2,1H3. The molecule has 1 aromatic rings. The lowest BCUT2D eigenvalue weighted by Gasteiger charge is -2.37. The maximum Gasteiger partial charge on any atom is 0.259 e. The second kappa shape index (κ2) is 6.04. The van der Waals surface area contributed by atoms with Gasteiger partial charge >= 0.3 is 0 Å². The van der Waals surface area contributed by atoms with Gasteiger partial charge in [0, 0.05) is 25.8 Å². The summed E-state index contributed by atoms with van der Waals surface area (Å²) >= 11 is 0. The molecule has 1 aromatic heterocycles. The molecule has 6 nitrogen and oxygen atoms in total. The molecule has 0 saturated carbocycles. The van der Waals surface area contributed by atoms with Gasteiger partial charge < -0.3 is 14.4 Å². The number of carbonyl (C=O) groups excluding carboxylic acids is 2. The van der Waals surface area contributed by atoms with E-state index in [2.05, 4.69) is 4.98 Å². The van der Waals surface area contributed by atoms with Crippen LogP contribution < -0.4 is 4.74 Å². The third kappa shape index (κ3) is 2.59. The van der Waals surface area contributed by atoms with Crippen LogP contribution in [0.15, 0.2) is 18.3 Å². The highest BCUT2D eigenvalue weighted by molar-refractivity contribution is 6.00. The van der Waals surface area contributed by atoms with Gasteiger partial charge in [0.2, 0.25) is 5.88 Å². The van der Waals surface area contributed by atoms with Crippen molar-refractivity contribution in [2.75, 3.05) is 26.3 Å². The smallest absolute Gasteiger partial charge is 0.259 e. The van der Waals surface area contributed by atoms with E-state index in [-0.39, 0.29) is 18.2 Å². The van der Waals surface area contributed by atoms with Crippen LogP contribution >= 0.6 is 0 Å². The molecule has 1 atom stereocenters. The molecule has 0 aliphatic carbocycles. The average Bonchev–Trinajstić information content (AvgIpc) is 3.00. The Balaban J connectivity index is 1.75. The van der Waals surface area contributed by atoms with Crippen LogP contribution in [0.25, 0.3) is 0 Å². The molecule has 0 aromatic carbocycles. The Morgan fingerprint density at radius 3 is 3.05 bits per heavy atom. The molecule has 2 saturated heterocycles. The van der Waals surface area contributed by atoms with Gasteiger partial charge in [-0.1, -0.05) is 0 Å². The van der Waals surface area contributed by atoms with Gasteiger partial charge in [0.1, 0.15) is 11.2 Å². The van der Waals surface area contributed by atoms with Crippen molar-refractivity contribution < 1.29 is 19.1 Å². The summed E-state index contributed by atoms with van der Waals surface area (Å²) in [6.07, 6.45) is 3.84. The first-order valence-electron chi connectivity index (χ1n) is 7.70. The topological polar surface area (TPSA) is 68.7 Å². The first kappa shape index (κ1) is 15.0. The molecule has 1 spiro atoms. The molecule has 0 radical (unpaired) electrons. The molecule has 0 N–H and O–H groups in total. The van der Waals surface area contributed by atoms with Gasteiger partial charge in [0.15, 0.2) is 5.78 Å². The van der Waals surface area contributed by atoms with Gasteiger partial charge in [0.25, 0.3) is 5.91 Å².